The molecule has 6 heteroatoms. The molecule has 0 aliphatic carbocycles. The predicted octanol–water partition coefficient (Wildman–Crippen LogP) is 5.43. The van der Waals surface area contributed by atoms with Crippen LogP contribution in [-0.2, 0) is 4.79 Å². The van der Waals surface area contributed by atoms with Gasteiger partial charge in [-0.15, -0.1) is 0 Å². The van der Waals surface area contributed by atoms with Gasteiger partial charge in [0.05, 0.1) is 10.6 Å². The van der Waals surface area contributed by atoms with Crippen LogP contribution in [0.1, 0.15) is 42.1 Å². The summed E-state index contributed by atoms with van der Waals surface area (Å²) in [5.74, 6) is 2.12. The average Bonchev–Trinajstić information content (AvgIpc) is 2.74. The summed E-state index contributed by atoms with van der Waals surface area (Å²) in [5.41, 5.74) is 2.37. The summed E-state index contributed by atoms with van der Waals surface area (Å²) in [6.45, 7) is 2.89. The molecule has 0 unspecified atom stereocenters. The van der Waals surface area contributed by atoms with E-state index in [1.54, 1.807) is 12.1 Å². The third kappa shape index (κ3) is 6.41. The number of amides is 2. The number of thioether (sulfide) groups is 2. The molecule has 3 rings (SSSR count). The maximum absolute atomic E-state index is 12.3. The maximum Gasteiger partial charge on any atom is 0.262 e. The summed E-state index contributed by atoms with van der Waals surface area (Å²) >= 11 is 3.41. The van der Waals surface area contributed by atoms with Gasteiger partial charge in [0.2, 0.25) is 0 Å². The molecule has 2 N–H and O–H groups in total. The van der Waals surface area contributed by atoms with Crippen molar-refractivity contribution in [3.8, 4) is 0 Å². The van der Waals surface area contributed by atoms with E-state index in [1.807, 2.05) is 54.2 Å². The Labute approximate surface area is 180 Å². The smallest absolute Gasteiger partial charge is 0.262 e. The lowest BCUT2D eigenvalue weighted by Crippen LogP contribution is -2.24. The van der Waals surface area contributed by atoms with Gasteiger partial charge < -0.3 is 10.6 Å². The predicted molar refractivity (Wildman–Crippen MR) is 125 cm³/mol. The number of carbonyl (C=O) groups excluding carboxylic acids is 2. The molecule has 2 amide bonds. The van der Waals surface area contributed by atoms with Crippen molar-refractivity contribution in [2.75, 3.05) is 23.4 Å². The lowest BCUT2D eigenvalue weighted by molar-refractivity contribution is -0.112. The fraction of sp³-hybridized carbons (Fsp3) is 0.304. The molecule has 2 aromatic carbocycles. The van der Waals surface area contributed by atoms with Crippen LogP contribution in [0.25, 0.3) is 6.08 Å². The molecule has 4 nitrogen and oxygen atoms in total. The average molecular weight is 427 g/mol. The molecule has 0 atom stereocenters. The SMILES string of the molecule is CCCCSCCCNC(=O)c1ccc(C=C2Sc3ccccc3NC2=O)cc1. The molecule has 0 radical (unpaired) electrons. The van der Waals surface area contributed by atoms with E-state index in [4.69, 9.17) is 0 Å². The Kier molecular flexibility index (Phi) is 8.25. The highest BCUT2D eigenvalue weighted by atomic mass is 32.2. The Balaban J connectivity index is 1.52. The first kappa shape index (κ1) is 21.5. The molecular formula is C23H26N2O2S2. The summed E-state index contributed by atoms with van der Waals surface area (Å²) in [7, 11) is 0. The van der Waals surface area contributed by atoms with E-state index in [9.17, 15) is 9.59 Å². The molecule has 0 bridgehead atoms. The summed E-state index contributed by atoms with van der Waals surface area (Å²) in [5, 5.41) is 5.88. The highest BCUT2D eigenvalue weighted by molar-refractivity contribution is 8.04. The molecular weight excluding hydrogens is 400 g/mol. The van der Waals surface area contributed by atoms with Crippen molar-refractivity contribution in [2.45, 2.75) is 31.1 Å². The molecule has 29 heavy (non-hydrogen) atoms. The molecule has 0 spiro atoms. The van der Waals surface area contributed by atoms with Crippen LogP contribution in [0.5, 0.6) is 0 Å². The monoisotopic (exact) mass is 426 g/mol. The van der Waals surface area contributed by atoms with Crippen molar-refractivity contribution in [1.29, 1.82) is 0 Å². The molecule has 1 aliphatic rings. The lowest BCUT2D eigenvalue weighted by atomic mass is 10.1. The van der Waals surface area contributed by atoms with E-state index in [1.165, 1.54) is 30.4 Å². The Morgan fingerprint density at radius 1 is 1.10 bits per heavy atom. The van der Waals surface area contributed by atoms with Gasteiger partial charge in [0, 0.05) is 17.0 Å². The van der Waals surface area contributed by atoms with Crippen molar-refractivity contribution < 1.29 is 9.59 Å². The Hall–Kier alpha value is -2.18. The quantitative estimate of drug-likeness (QED) is 0.415. The van der Waals surface area contributed by atoms with Crippen LogP contribution in [0.4, 0.5) is 5.69 Å². The highest BCUT2D eigenvalue weighted by Crippen LogP contribution is 2.38. The number of benzene rings is 2. The maximum atomic E-state index is 12.3. The molecule has 0 saturated carbocycles. The Morgan fingerprint density at radius 3 is 2.66 bits per heavy atom. The van der Waals surface area contributed by atoms with Gasteiger partial charge in [-0.3, -0.25) is 9.59 Å². The van der Waals surface area contributed by atoms with E-state index in [0.717, 1.165) is 28.3 Å². The van der Waals surface area contributed by atoms with Gasteiger partial charge in [0.1, 0.15) is 0 Å². The van der Waals surface area contributed by atoms with Crippen LogP contribution in [-0.4, -0.2) is 29.9 Å². The number of hydrogen-bond donors (Lipinski definition) is 2. The Morgan fingerprint density at radius 2 is 1.86 bits per heavy atom. The van der Waals surface area contributed by atoms with Crippen LogP contribution in [0.3, 0.4) is 0 Å². The van der Waals surface area contributed by atoms with Crippen molar-refractivity contribution in [2.24, 2.45) is 0 Å². The van der Waals surface area contributed by atoms with Crippen LogP contribution in [0.15, 0.2) is 58.3 Å². The van der Waals surface area contributed by atoms with Crippen molar-refractivity contribution in [3.05, 3.63) is 64.6 Å². The summed E-state index contributed by atoms with van der Waals surface area (Å²) in [6.07, 6.45) is 5.32. The number of hydrogen-bond acceptors (Lipinski definition) is 4. The number of nitrogens with one attached hydrogen (secondary N) is 2. The number of rotatable bonds is 9. The van der Waals surface area contributed by atoms with E-state index in [2.05, 4.69) is 17.6 Å². The minimum Gasteiger partial charge on any atom is -0.352 e. The third-order valence-electron chi connectivity index (χ3n) is 4.44. The number of anilines is 1. The molecule has 1 heterocycles. The van der Waals surface area contributed by atoms with Crippen LogP contribution >= 0.6 is 23.5 Å². The zero-order valence-corrected chi connectivity index (χ0v) is 18.2. The molecule has 0 fully saturated rings. The van der Waals surface area contributed by atoms with Gasteiger partial charge in [0.15, 0.2) is 0 Å². The van der Waals surface area contributed by atoms with Crippen molar-refractivity contribution in [3.63, 3.8) is 0 Å². The topological polar surface area (TPSA) is 58.2 Å². The first-order valence-electron chi connectivity index (χ1n) is 9.93. The van der Waals surface area contributed by atoms with Gasteiger partial charge >= 0.3 is 0 Å². The van der Waals surface area contributed by atoms with E-state index in [0.29, 0.717) is 17.0 Å². The van der Waals surface area contributed by atoms with Crippen LogP contribution in [0, 0.1) is 0 Å². The second-order valence-electron chi connectivity index (χ2n) is 6.76. The minimum absolute atomic E-state index is 0.0542. The van der Waals surface area contributed by atoms with E-state index in [-0.39, 0.29) is 11.8 Å². The van der Waals surface area contributed by atoms with E-state index >= 15 is 0 Å². The summed E-state index contributed by atoms with van der Waals surface area (Å²) in [4.78, 5) is 26.2. The first-order chi connectivity index (χ1) is 14.2. The number of unbranched alkanes of at least 4 members (excludes halogenated alkanes) is 1. The van der Waals surface area contributed by atoms with Crippen molar-refractivity contribution >= 4 is 47.1 Å². The number of carbonyl (C=O) groups is 2. The van der Waals surface area contributed by atoms with Gasteiger partial charge in [-0.1, -0.05) is 49.4 Å². The van der Waals surface area contributed by atoms with Gasteiger partial charge in [-0.05, 0) is 60.3 Å². The Bertz CT molecular complexity index is 879. The highest BCUT2D eigenvalue weighted by Gasteiger charge is 2.20. The normalized spacial score (nSPS) is 14.4. The molecule has 2 aromatic rings. The first-order valence-corrected chi connectivity index (χ1v) is 11.9. The minimum atomic E-state index is -0.104. The van der Waals surface area contributed by atoms with Gasteiger partial charge in [-0.25, -0.2) is 0 Å². The number of fused-ring (bicyclic) bond motifs is 1. The number of para-hydroxylation sites is 1. The zero-order chi connectivity index (χ0) is 20.5. The molecule has 152 valence electrons. The summed E-state index contributed by atoms with van der Waals surface area (Å²) in [6, 6.07) is 15.1. The second kappa shape index (κ2) is 11.1. The fourth-order valence-corrected chi connectivity index (χ4v) is 4.81. The third-order valence-corrected chi connectivity index (χ3v) is 6.70. The van der Waals surface area contributed by atoms with Crippen LogP contribution in [0.2, 0.25) is 0 Å². The molecule has 0 aromatic heterocycles. The molecule has 0 saturated heterocycles. The van der Waals surface area contributed by atoms with Crippen LogP contribution < -0.4 is 10.6 Å². The largest absolute Gasteiger partial charge is 0.352 e. The second-order valence-corrected chi connectivity index (χ2v) is 9.07. The standard InChI is InChI=1S/C23H26N2O2S2/c1-2-3-14-28-15-6-13-24-22(26)18-11-9-17(10-12-18)16-21-23(27)25-19-7-4-5-8-20(19)29-21/h4-5,7-12,16H,2-3,6,13-15H2,1H3,(H,24,26)(H,25,27). The van der Waals surface area contributed by atoms with E-state index < -0.39 is 0 Å². The van der Waals surface area contributed by atoms with Crippen molar-refractivity contribution in [1.82, 2.24) is 5.32 Å². The van der Waals surface area contributed by atoms with Gasteiger partial charge in [-0.2, -0.15) is 11.8 Å². The fourth-order valence-electron chi connectivity index (χ4n) is 2.81. The molecule has 1 aliphatic heterocycles. The lowest BCUT2D eigenvalue weighted by Gasteiger charge is -2.18. The zero-order valence-electron chi connectivity index (χ0n) is 16.6. The summed E-state index contributed by atoms with van der Waals surface area (Å²) < 4.78 is 0. The van der Waals surface area contributed by atoms with Gasteiger partial charge in [0.25, 0.3) is 11.8 Å².